The first-order valence-electron chi connectivity index (χ1n) is 4.02. The van der Waals surface area contributed by atoms with Gasteiger partial charge in [0.25, 0.3) is 5.82 Å². The fraction of sp³-hybridized carbons (Fsp3) is 0.250. The van der Waals surface area contributed by atoms with Crippen LogP contribution in [0.15, 0.2) is 6.20 Å². The highest BCUT2D eigenvalue weighted by atomic mass is 16.4. The second kappa shape index (κ2) is 2.76. The van der Waals surface area contributed by atoms with Crippen molar-refractivity contribution in [2.45, 2.75) is 13.8 Å². The van der Waals surface area contributed by atoms with E-state index in [1.54, 1.807) is 6.92 Å². The molecule has 6 nitrogen and oxygen atoms in total. The molecule has 2 heterocycles. The van der Waals surface area contributed by atoms with Crippen molar-refractivity contribution in [1.29, 1.82) is 0 Å². The molecule has 0 amide bonds. The number of imidazole rings is 1. The van der Waals surface area contributed by atoms with Gasteiger partial charge in [-0.15, -0.1) is 5.10 Å². The van der Waals surface area contributed by atoms with Crippen LogP contribution in [-0.4, -0.2) is 30.7 Å². The molecule has 2 aromatic rings. The smallest absolute Gasteiger partial charge is 0.375 e. The van der Waals surface area contributed by atoms with E-state index in [-0.39, 0.29) is 5.82 Å². The van der Waals surface area contributed by atoms with Crippen LogP contribution in [0.25, 0.3) is 5.52 Å². The monoisotopic (exact) mass is 192 g/mol. The van der Waals surface area contributed by atoms with E-state index in [0.717, 1.165) is 11.2 Å². The zero-order chi connectivity index (χ0) is 10.3. The number of hydrogen-bond acceptors (Lipinski definition) is 4. The summed E-state index contributed by atoms with van der Waals surface area (Å²) < 4.78 is 1.48. The van der Waals surface area contributed by atoms with Crippen LogP contribution in [-0.2, 0) is 0 Å². The standard InChI is InChI=1S/C8H8N4O2/c1-4-6-3-9-7(8(13)14)11-12(6)5(2)10-4/h3H,1-2H3,(H,13,14). The van der Waals surface area contributed by atoms with E-state index in [0.29, 0.717) is 5.82 Å². The molecule has 0 unspecified atom stereocenters. The maximum absolute atomic E-state index is 10.6. The van der Waals surface area contributed by atoms with Gasteiger partial charge < -0.3 is 5.11 Å². The molecule has 1 N–H and O–H groups in total. The fourth-order valence-corrected chi connectivity index (χ4v) is 1.29. The molecule has 0 aliphatic heterocycles. The van der Waals surface area contributed by atoms with Crippen LogP contribution in [0.2, 0.25) is 0 Å². The maximum atomic E-state index is 10.6. The van der Waals surface area contributed by atoms with Crippen LogP contribution in [0.4, 0.5) is 0 Å². The fourth-order valence-electron chi connectivity index (χ4n) is 1.29. The topological polar surface area (TPSA) is 80.4 Å². The van der Waals surface area contributed by atoms with Crippen LogP contribution >= 0.6 is 0 Å². The average Bonchev–Trinajstić information content (AvgIpc) is 2.42. The van der Waals surface area contributed by atoms with Crippen molar-refractivity contribution in [1.82, 2.24) is 19.6 Å². The molecule has 72 valence electrons. The second-order valence-corrected chi connectivity index (χ2v) is 2.93. The van der Waals surface area contributed by atoms with Gasteiger partial charge >= 0.3 is 5.97 Å². The van der Waals surface area contributed by atoms with Crippen LogP contribution < -0.4 is 0 Å². The molecular formula is C8H8N4O2. The van der Waals surface area contributed by atoms with Gasteiger partial charge in [0.05, 0.1) is 11.9 Å². The van der Waals surface area contributed by atoms with Crippen molar-refractivity contribution < 1.29 is 9.90 Å². The Morgan fingerprint density at radius 1 is 1.50 bits per heavy atom. The molecule has 6 heteroatoms. The van der Waals surface area contributed by atoms with Crippen LogP contribution in [0.5, 0.6) is 0 Å². The van der Waals surface area contributed by atoms with Gasteiger partial charge in [-0.1, -0.05) is 0 Å². The van der Waals surface area contributed by atoms with E-state index in [9.17, 15) is 4.79 Å². The Morgan fingerprint density at radius 2 is 2.21 bits per heavy atom. The van der Waals surface area contributed by atoms with Gasteiger partial charge in [-0.25, -0.2) is 19.3 Å². The number of carboxylic acids is 1. The Balaban J connectivity index is 2.77. The quantitative estimate of drug-likeness (QED) is 0.709. The molecule has 0 aromatic carbocycles. The molecule has 0 saturated carbocycles. The highest BCUT2D eigenvalue weighted by molar-refractivity contribution is 5.83. The summed E-state index contributed by atoms with van der Waals surface area (Å²) in [4.78, 5) is 18.5. The Labute approximate surface area is 79.2 Å². The molecule has 0 radical (unpaired) electrons. The maximum Gasteiger partial charge on any atom is 0.375 e. The van der Waals surface area contributed by atoms with Crippen molar-refractivity contribution in [3.63, 3.8) is 0 Å². The van der Waals surface area contributed by atoms with E-state index < -0.39 is 5.97 Å². The normalized spacial score (nSPS) is 10.7. The molecule has 0 spiro atoms. The lowest BCUT2D eigenvalue weighted by molar-refractivity contribution is 0.0681. The molecular weight excluding hydrogens is 184 g/mol. The van der Waals surface area contributed by atoms with E-state index in [4.69, 9.17) is 5.11 Å². The highest BCUT2D eigenvalue weighted by Gasteiger charge is 2.11. The number of aryl methyl sites for hydroxylation is 2. The summed E-state index contributed by atoms with van der Waals surface area (Å²) in [6.45, 7) is 3.59. The van der Waals surface area contributed by atoms with E-state index in [1.807, 2.05) is 6.92 Å². The first kappa shape index (κ1) is 8.61. The minimum Gasteiger partial charge on any atom is -0.475 e. The third-order valence-electron chi connectivity index (χ3n) is 1.93. The highest BCUT2D eigenvalue weighted by Crippen LogP contribution is 2.08. The lowest BCUT2D eigenvalue weighted by atomic mass is 10.4. The molecule has 0 fully saturated rings. The van der Waals surface area contributed by atoms with Crippen LogP contribution in [0, 0.1) is 13.8 Å². The van der Waals surface area contributed by atoms with E-state index in [1.165, 1.54) is 10.7 Å². The molecule has 0 saturated heterocycles. The van der Waals surface area contributed by atoms with Gasteiger partial charge in [0.2, 0.25) is 0 Å². The number of carboxylic acid groups (broad SMARTS) is 1. The van der Waals surface area contributed by atoms with Gasteiger partial charge in [0, 0.05) is 0 Å². The summed E-state index contributed by atoms with van der Waals surface area (Å²) in [6.07, 6.45) is 1.46. The van der Waals surface area contributed by atoms with Crippen molar-refractivity contribution in [2.24, 2.45) is 0 Å². The Morgan fingerprint density at radius 3 is 2.86 bits per heavy atom. The summed E-state index contributed by atoms with van der Waals surface area (Å²) in [6, 6.07) is 0. The van der Waals surface area contributed by atoms with Gasteiger partial charge in [0.1, 0.15) is 11.3 Å². The Hall–Kier alpha value is -1.98. The van der Waals surface area contributed by atoms with Gasteiger partial charge in [0.15, 0.2) is 0 Å². The summed E-state index contributed by atoms with van der Waals surface area (Å²) in [5, 5.41) is 12.5. The second-order valence-electron chi connectivity index (χ2n) is 2.93. The number of rotatable bonds is 1. The van der Waals surface area contributed by atoms with Gasteiger partial charge in [-0.05, 0) is 13.8 Å². The number of carbonyl (C=O) groups is 1. The lowest BCUT2D eigenvalue weighted by Gasteiger charge is -1.96. The molecule has 0 bridgehead atoms. The van der Waals surface area contributed by atoms with Crippen molar-refractivity contribution >= 4 is 11.5 Å². The predicted molar refractivity (Wildman–Crippen MR) is 47.2 cm³/mol. The Kier molecular flexibility index (Phi) is 1.70. The van der Waals surface area contributed by atoms with Crippen molar-refractivity contribution in [2.75, 3.05) is 0 Å². The SMILES string of the molecule is Cc1nc(C)n2nc(C(=O)O)ncc12. The largest absolute Gasteiger partial charge is 0.475 e. The summed E-state index contributed by atoms with van der Waals surface area (Å²) in [5.74, 6) is -0.710. The average molecular weight is 192 g/mol. The molecule has 0 atom stereocenters. The number of hydrogen-bond donors (Lipinski definition) is 1. The molecule has 0 aliphatic rings. The zero-order valence-corrected chi connectivity index (χ0v) is 7.72. The molecule has 2 aromatic heterocycles. The minimum absolute atomic E-state index is 0.224. The Bertz CT molecular complexity index is 517. The van der Waals surface area contributed by atoms with Crippen LogP contribution in [0.1, 0.15) is 22.1 Å². The summed E-state index contributed by atoms with van der Waals surface area (Å²) in [5.41, 5.74) is 1.52. The van der Waals surface area contributed by atoms with Crippen LogP contribution in [0.3, 0.4) is 0 Å². The van der Waals surface area contributed by atoms with Gasteiger partial charge in [-0.3, -0.25) is 0 Å². The predicted octanol–water partition coefficient (Wildman–Crippen LogP) is 0.439. The number of nitrogens with zero attached hydrogens (tertiary/aromatic N) is 4. The summed E-state index contributed by atoms with van der Waals surface area (Å²) in [7, 11) is 0. The summed E-state index contributed by atoms with van der Waals surface area (Å²) >= 11 is 0. The lowest BCUT2D eigenvalue weighted by Crippen LogP contribution is -2.08. The molecule has 14 heavy (non-hydrogen) atoms. The first-order valence-corrected chi connectivity index (χ1v) is 4.02. The van der Waals surface area contributed by atoms with Gasteiger partial charge in [-0.2, -0.15) is 0 Å². The molecule has 0 aliphatic carbocycles. The third kappa shape index (κ3) is 1.12. The van der Waals surface area contributed by atoms with E-state index >= 15 is 0 Å². The zero-order valence-electron chi connectivity index (χ0n) is 7.72. The number of aromatic nitrogens is 4. The van der Waals surface area contributed by atoms with Crippen molar-refractivity contribution in [3.05, 3.63) is 23.5 Å². The number of aromatic carboxylic acids is 1. The minimum atomic E-state index is -1.14. The molecule has 2 rings (SSSR count). The third-order valence-corrected chi connectivity index (χ3v) is 1.93. The number of fused-ring (bicyclic) bond motifs is 1. The van der Waals surface area contributed by atoms with Crippen molar-refractivity contribution in [3.8, 4) is 0 Å². The first-order chi connectivity index (χ1) is 6.59. The van der Waals surface area contributed by atoms with E-state index in [2.05, 4.69) is 15.1 Å².